The van der Waals surface area contributed by atoms with Gasteiger partial charge in [0.05, 0.1) is 24.2 Å². The number of aryl methyl sites for hydroxylation is 1. The lowest BCUT2D eigenvalue weighted by molar-refractivity contribution is -0.139. The van der Waals surface area contributed by atoms with Gasteiger partial charge in [-0.05, 0) is 51.0 Å². The van der Waals surface area contributed by atoms with E-state index in [0.717, 1.165) is 11.3 Å². The second kappa shape index (κ2) is 7.90. The maximum atomic E-state index is 13.1. The predicted molar refractivity (Wildman–Crippen MR) is 100 cm³/mol. The number of amides is 1. The third-order valence-corrected chi connectivity index (χ3v) is 5.07. The molecule has 146 valence electrons. The van der Waals surface area contributed by atoms with E-state index in [1.165, 1.54) is 12.1 Å². The number of aromatic nitrogens is 2. The van der Waals surface area contributed by atoms with Gasteiger partial charge in [0.1, 0.15) is 5.82 Å². The topological polar surface area (TPSA) is 84.2 Å². The maximum absolute atomic E-state index is 13.1. The summed E-state index contributed by atoms with van der Waals surface area (Å²) in [5.74, 6) is -1.58. The number of hydrogen-bond donors (Lipinski definition) is 2. The van der Waals surface area contributed by atoms with Crippen LogP contribution in [0.25, 0.3) is 5.69 Å². The van der Waals surface area contributed by atoms with E-state index in [9.17, 15) is 14.0 Å². The van der Waals surface area contributed by atoms with Gasteiger partial charge in [0.25, 0.3) is 0 Å². The molecular weight excluding hydrogens is 349 g/mol. The molecule has 1 heterocycles. The smallest absolute Gasteiger partial charge is 0.305 e. The quantitative estimate of drug-likeness (QED) is 0.778. The zero-order valence-electron chi connectivity index (χ0n) is 16.3. The minimum atomic E-state index is -0.956. The maximum Gasteiger partial charge on any atom is 0.305 e. The van der Waals surface area contributed by atoms with E-state index >= 15 is 0 Å². The summed E-state index contributed by atoms with van der Waals surface area (Å²) in [7, 11) is 0. The SMILES string of the molecule is Cc1nn(-c2ccc(F)cc2)c(C)c1CC(=O)NC(C)(CC(=O)O)C(C)C. The summed E-state index contributed by atoms with van der Waals surface area (Å²) in [6.45, 7) is 9.17. The highest BCUT2D eigenvalue weighted by Gasteiger charge is 2.33. The summed E-state index contributed by atoms with van der Waals surface area (Å²) in [6.07, 6.45) is -0.0516. The minimum Gasteiger partial charge on any atom is -0.481 e. The molecule has 2 rings (SSSR count). The monoisotopic (exact) mass is 375 g/mol. The van der Waals surface area contributed by atoms with Crippen LogP contribution in [0.3, 0.4) is 0 Å². The van der Waals surface area contributed by atoms with Crippen LogP contribution in [-0.2, 0) is 16.0 Å². The van der Waals surface area contributed by atoms with E-state index in [0.29, 0.717) is 11.4 Å². The Morgan fingerprint density at radius 2 is 1.85 bits per heavy atom. The van der Waals surface area contributed by atoms with Gasteiger partial charge >= 0.3 is 5.97 Å². The lowest BCUT2D eigenvalue weighted by Gasteiger charge is -2.33. The molecule has 27 heavy (non-hydrogen) atoms. The molecule has 6 nitrogen and oxygen atoms in total. The average Bonchev–Trinajstić information content (AvgIpc) is 2.82. The molecule has 1 atom stereocenters. The molecule has 0 spiro atoms. The first-order valence-electron chi connectivity index (χ1n) is 8.87. The molecule has 0 bridgehead atoms. The molecule has 2 aromatic rings. The Balaban J connectivity index is 2.23. The van der Waals surface area contributed by atoms with Gasteiger partial charge in [0.15, 0.2) is 0 Å². The van der Waals surface area contributed by atoms with Crippen molar-refractivity contribution < 1.29 is 19.1 Å². The Morgan fingerprint density at radius 1 is 1.26 bits per heavy atom. The fraction of sp³-hybridized carbons (Fsp3) is 0.450. The number of benzene rings is 1. The summed E-state index contributed by atoms with van der Waals surface area (Å²) >= 11 is 0. The molecule has 1 aromatic carbocycles. The van der Waals surface area contributed by atoms with Gasteiger partial charge in [-0.1, -0.05) is 13.8 Å². The number of nitrogens with one attached hydrogen (secondary N) is 1. The van der Waals surface area contributed by atoms with E-state index in [1.807, 2.05) is 27.7 Å². The van der Waals surface area contributed by atoms with Crippen molar-refractivity contribution in [2.24, 2.45) is 5.92 Å². The van der Waals surface area contributed by atoms with Crippen LogP contribution in [0.1, 0.15) is 44.1 Å². The third kappa shape index (κ3) is 4.72. The number of hydrogen-bond acceptors (Lipinski definition) is 3. The molecule has 0 radical (unpaired) electrons. The fourth-order valence-corrected chi connectivity index (χ4v) is 2.99. The predicted octanol–water partition coefficient (Wildman–Crippen LogP) is 3.18. The molecule has 0 saturated heterocycles. The van der Waals surface area contributed by atoms with Crippen molar-refractivity contribution in [1.82, 2.24) is 15.1 Å². The molecule has 1 unspecified atom stereocenters. The van der Waals surface area contributed by atoms with Gasteiger partial charge in [0.2, 0.25) is 5.91 Å². The van der Waals surface area contributed by atoms with Crippen molar-refractivity contribution in [2.45, 2.75) is 53.0 Å². The molecule has 0 saturated carbocycles. The first-order valence-corrected chi connectivity index (χ1v) is 8.87. The van der Waals surface area contributed by atoms with Crippen molar-refractivity contribution in [2.75, 3.05) is 0 Å². The van der Waals surface area contributed by atoms with E-state index in [2.05, 4.69) is 10.4 Å². The lowest BCUT2D eigenvalue weighted by atomic mass is 9.85. The second-order valence-electron chi connectivity index (χ2n) is 7.41. The first-order chi connectivity index (χ1) is 12.5. The summed E-state index contributed by atoms with van der Waals surface area (Å²) in [5.41, 5.74) is 2.15. The summed E-state index contributed by atoms with van der Waals surface area (Å²) in [5, 5.41) is 16.5. The fourth-order valence-electron chi connectivity index (χ4n) is 2.99. The van der Waals surface area contributed by atoms with Crippen molar-refractivity contribution in [3.63, 3.8) is 0 Å². The Morgan fingerprint density at radius 3 is 2.37 bits per heavy atom. The van der Waals surface area contributed by atoms with Gasteiger partial charge < -0.3 is 10.4 Å². The van der Waals surface area contributed by atoms with Crippen molar-refractivity contribution >= 4 is 11.9 Å². The van der Waals surface area contributed by atoms with Crippen LogP contribution >= 0.6 is 0 Å². The molecule has 1 aromatic heterocycles. The standard InChI is InChI=1S/C20H26FN3O3/c1-12(2)20(5,11-19(26)27)22-18(25)10-17-13(3)23-24(14(17)4)16-8-6-15(21)7-9-16/h6-9,12H,10-11H2,1-5H3,(H,22,25)(H,26,27). The van der Waals surface area contributed by atoms with E-state index in [1.54, 1.807) is 23.7 Å². The Labute approximate surface area is 158 Å². The summed E-state index contributed by atoms with van der Waals surface area (Å²) < 4.78 is 14.8. The van der Waals surface area contributed by atoms with Crippen LogP contribution in [0.5, 0.6) is 0 Å². The van der Waals surface area contributed by atoms with Crippen LogP contribution in [0.15, 0.2) is 24.3 Å². The van der Waals surface area contributed by atoms with Crippen molar-refractivity contribution in [1.29, 1.82) is 0 Å². The van der Waals surface area contributed by atoms with Crippen molar-refractivity contribution in [3.05, 3.63) is 47.0 Å². The summed E-state index contributed by atoms with van der Waals surface area (Å²) in [6, 6.07) is 5.97. The van der Waals surface area contributed by atoms with E-state index < -0.39 is 11.5 Å². The Bertz CT molecular complexity index is 843. The van der Waals surface area contributed by atoms with Crippen LogP contribution in [0.2, 0.25) is 0 Å². The van der Waals surface area contributed by atoms with Gasteiger partial charge in [0, 0.05) is 16.8 Å². The molecule has 0 aliphatic rings. The molecular formula is C20H26FN3O3. The molecule has 0 aliphatic heterocycles. The lowest BCUT2D eigenvalue weighted by Crippen LogP contribution is -2.51. The number of halogens is 1. The van der Waals surface area contributed by atoms with Crippen LogP contribution in [0.4, 0.5) is 4.39 Å². The third-order valence-electron chi connectivity index (χ3n) is 5.07. The first kappa shape index (κ1) is 20.6. The van der Waals surface area contributed by atoms with Gasteiger partial charge in [-0.25, -0.2) is 9.07 Å². The number of carboxylic acid groups (broad SMARTS) is 1. The molecule has 0 fully saturated rings. The highest BCUT2D eigenvalue weighted by Crippen LogP contribution is 2.23. The number of carbonyl (C=O) groups is 2. The number of carboxylic acids is 1. The Hall–Kier alpha value is -2.70. The number of aliphatic carboxylic acids is 1. The van der Waals surface area contributed by atoms with Crippen LogP contribution in [-0.4, -0.2) is 32.3 Å². The number of rotatable bonds is 7. The molecule has 0 aliphatic carbocycles. The largest absolute Gasteiger partial charge is 0.481 e. The van der Waals surface area contributed by atoms with Gasteiger partial charge in [-0.2, -0.15) is 5.10 Å². The normalized spacial score (nSPS) is 13.4. The van der Waals surface area contributed by atoms with Crippen molar-refractivity contribution in [3.8, 4) is 5.69 Å². The van der Waals surface area contributed by atoms with Gasteiger partial charge in [-0.3, -0.25) is 9.59 Å². The van der Waals surface area contributed by atoms with Crippen LogP contribution < -0.4 is 5.32 Å². The molecule has 7 heteroatoms. The number of nitrogens with zero attached hydrogens (tertiary/aromatic N) is 2. The van der Waals surface area contributed by atoms with Gasteiger partial charge in [-0.15, -0.1) is 0 Å². The van der Waals surface area contributed by atoms with E-state index in [4.69, 9.17) is 5.11 Å². The molecule has 2 N–H and O–H groups in total. The Kier molecular flexibility index (Phi) is 6.03. The zero-order valence-corrected chi connectivity index (χ0v) is 16.3. The van der Waals surface area contributed by atoms with Crippen LogP contribution in [0, 0.1) is 25.6 Å². The van der Waals surface area contributed by atoms with E-state index in [-0.39, 0.29) is 30.5 Å². The zero-order chi connectivity index (χ0) is 20.4. The number of carbonyl (C=O) groups excluding carboxylic acids is 1. The summed E-state index contributed by atoms with van der Waals surface area (Å²) in [4.78, 5) is 23.8. The highest BCUT2D eigenvalue weighted by atomic mass is 19.1. The average molecular weight is 375 g/mol. The highest BCUT2D eigenvalue weighted by molar-refractivity contribution is 5.81. The second-order valence-corrected chi connectivity index (χ2v) is 7.41. The molecule has 1 amide bonds. The minimum absolute atomic E-state index is 0.0401.